The smallest absolute Gasteiger partial charge is 0.160 e. The summed E-state index contributed by atoms with van der Waals surface area (Å²) < 4.78 is 0. The normalized spacial score (nSPS) is 23.5. The maximum Gasteiger partial charge on any atom is 0.160 e. The number of nitrogens with zero attached hydrogens (tertiary/aromatic N) is 4. The zero-order chi connectivity index (χ0) is 20.8. The van der Waals surface area contributed by atoms with Crippen molar-refractivity contribution in [1.82, 2.24) is 14.9 Å². The average molecular weight is 402 g/mol. The van der Waals surface area contributed by atoms with E-state index in [4.69, 9.17) is 0 Å². The van der Waals surface area contributed by atoms with Gasteiger partial charge in [0, 0.05) is 23.5 Å². The highest BCUT2D eigenvalue weighted by Crippen LogP contribution is 2.46. The van der Waals surface area contributed by atoms with Gasteiger partial charge in [-0.1, -0.05) is 32.0 Å². The first kappa shape index (κ1) is 19.3. The third-order valence-electron chi connectivity index (χ3n) is 6.65. The van der Waals surface area contributed by atoms with Crippen LogP contribution in [0.4, 0.5) is 11.6 Å². The van der Waals surface area contributed by atoms with Crippen LogP contribution >= 0.6 is 0 Å². The van der Waals surface area contributed by atoms with Crippen LogP contribution in [0.15, 0.2) is 35.2 Å². The highest BCUT2D eigenvalue weighted by atomic mass is 15.3. The van der Waals surface area contributed by atoms with Crippen molar-refractivity contribution in [1.29, 1.82) is 0 Å². The second-order valence-electron chi connectivity index (χ2n) is 9.06. The molecular weight excluding hydrogens is 370 g/mol. The minimum absolute atomic E-state index is 0.161. The average Bonchev–Trinajstić information content (AvgIpc) is 3.58. The van der Waals surface area contributed by atoms with E-state index in [1.54, 1.807) is 6.33 Å². The summed E-state index contributed by atoms with van der Waals surface area (Å²) in [6.45, 7) is 9.02. The van der Waals surface area contributed by atoms with Crippen molar-refractivity contribution in [3.05, 3.63) is 52.5 Å². The van der Waals surface area contributed by atoms with Crippen LogP contribution in [0.2, 0.25) is 0 Å². The summed E-state index contributed by atoms with van der Waals surface area (Å²) in [5.74, 6) is 2.15. The molecule has 1 fully saturated rings. The molecule has 1 aromatic carbocycles. The Morgan fingerprint density at radius 1 is 1.23 bits per heavy atom. The molecule has 5 rings (SSSR count). The molecule has 1 saturated carbocycles. The number of nitrogens with one attached hydrogen (secondary N) is 1. The van der Waals surface area contributed by atoms with Crippen molar-refractivity contribution < 1.29 is 0 Å². The highest BCUT2D eigenvalue weighted by Gasteiger charge is 2.40. The first-order valence-corrected chi connectivity index (χ1v) is 11.3. The van der Waals surface area contributed by atoms with Crippen molar-refractivity contribution in [2.24, 2.45) is 10.9 Å². The lowest BCUT2D eigenvalue weighted by atomic mass is 9.87. The molecule has 0 spiro atoms. The molecule has 2 aliphatic heterocycles. The number of benzene rings is 1. The van der Waals surface area contributed by atoms with Crippen LogP contribution in [0.25, 0.3) is 6.08 Å². The van der Waals surface area contributed by atoms with E-state index in [0.717, 1.165) is 30.0 Å². The van der Waals surface area contributed by atoms with Gasteiger partial charge in [-0.2, -0.15) is 0 Å². The molecular formula is C25H31N5. The molecule has 3 atom stereocenters. The highest BCUT2D eigenvalue weighted by molar-refractivity contribution is 5.72. The number of aliphatic imine (C=N–C) groups is 1. The molecule has 3 aliphatic rings. The zero-order valence-corrected chi connectivity index (χ0v) is 18.4. The molecule has 5 nitrogen and oxygen atoms in total. The minimum Gasteiger partial charge on any atom is -0.363 e. The van der Waals surface area contributed by atoms with E-state index in [0.29, 0.717) is 18.0 Å². The summed E-state index contributed by atoms with van der Waals surface area (Å²) in [5.41, 5.74) is 6.78. The maximum atomic E-state index is 4.60. The fourth-order valence-electron chi connectivity index (χ4n) is 5.08. The molecule has 1 N–H and O–H groups in total. The van der Waals surface area contributed by atoms with Gasteiger partial charge in [0.1, 0.15) is 12.1 Å². The number of aromatic nitrogens is 2. The number of rotatable bonds is 5. The summed E-state index contributed by atoms with van der Waals surface area (Å²) in [6.07, 6.45) is 10.6. The second kappa shape index (κ2) is 7.53. The Morgan fingerprint density at radius 2 is 2.07 bits per heavy atom. The van der Waals surface area contributed by atoms with Gasteiger partial charge in [-0.15, -0.1) is 0 Å². The number of hydrogen-bond acceptors (Lipinski definition) is 5. The molecule has 156 valence electrons. The first-order chi connectivity index (χ1) is 14.6. The molecule has 3 unspecified atom stereocenters. The van der Waals surface area contributed by atoms with Crippen molar-refractivity contribution in [3.8, 4) is 0 Å². The quantitative estimate of drug-likeness (QED) is 0.724. The van der Waals surface area contributed by atoms with Crippen LogP contribution in [0.5, 0.6) is 0 Å². The summed E-state index contributed by atoms with van der Waals surface area (Å²) in [4.78, 5) is 16.2. The molecule has 0 amide bonds. The zero-order valence-electron chi connectivity index (χ0n) is 18.4. The van der Waals surface area contributed by atoms with E-state index < -0.39 is 0 Å². The molecule has 2 aromatic rings. The number of fused-ring (bicyclic) bond motifs is 2. The Balaban J connectivity index is 1.52. The molecule has 0 bridgehead atoms. The molecule has 3 heterocycles. The fourth-order valence-corrected chi connectivity index (χ4v) is 5.08. The Kier molecular flexibility index (Phi) is 4.84. The number of anilines is 1. The Hall–Kier alpha value is -2.69. The minimum atomic E-state index is 0.161. The van der Waals surface area contributed by atoms with Gasteiger partial charge in [0.2, 0.25) is 0 Å². The molecule has 0 saturated heterocycles. The lowest BCUT2D eigenvalue weighted by Crippen LogP contribution is -2.39. The first-order valence-electron chi connectivity index (χ1n) is 11.3. The largest absolute Gasteiger partial charge is 0.363 e. The van der Waals surface area contributed by atoms with E-state index in [1.807, 2.05) is 6.21 Å². The van der Waals surface area contributed by atoms with Crippen molar-refractivity contribution in [2.45, 2.75) is 71.5 Å². The van der Waals surface area contributed by atoms with Gasteiger partial charge < -0.3 is 10.2 Å². The predicted molar refractivity (Wildman–Crippen MR) is 123 cm³/mol. The van der Waals surface area contributed by atoms with Crippen LogP contribution < -0.4 is 5.32 Å². The van der Waals surface area contributed by atoms with Gasteiger partial charge in [0.05, 0.1) is 12.1 Å². The van der Waals surface area contributed by atoms with E-state index in [2.05, 4.69) is 77.1 Å². The van der Waals surface area contributed by atoms with Crippen LogP contribution in [-0.4, -0.2) is 33.2 Å². The van der Waals surface area contributed by atoms with Crippen LogP contribution in [-0.2, 0) is 6.42 Å². The molecule has 1 aliphatic carbocycles. The van der Waals surface area contributed by atoms with Crippen molar-refractivity contribution >= 4 is 23.9 Å². The van der Waals surface area contributed by atoms with Gasteiger partial charge in [0.25, 0.3) is 0 Å². The van der Waals surface area contributed by atoms with Crippen molar-refractivity contribution in [2.75, 3.05) is 5.32 Å². The maximum absolute atomic E-state index is 4.60. The Bertz CT molecular complexity index is 1020. The molecule has 5 heteroatoms. The standard InChI is InChI=1S/C25H31N5/c1-5-21-23-16(3)7-6-8-18(23)12-22(30(21)19-9-10-19)17(4)29-25-20-11-15(2)13-26-24(20)27-14-28-25/h6-8,12-15,17,19,21H,5,9-11H2,1-4H3,(H,27,28,29). The monoisotopic (exact) mass is 401 g/mol. The topological polar surface area (TPSA) is 53.4 Å². The van der Waals surface area contributed by atoms with Gasteiger partial charge >= 0.3 is 0 Å². The second-order valence-corrected chi connectivity index (χ2v) is 9.06. The lowest BCUT2D eigenvalue weighted by molar-refractivity contribution is 0.225. The van der Waals surface area contributed by atoms with Crippen LogP contribution in [0, 0.1) is 12.8 Å². The Labute approximate surface area is 179 Å². The molecule has 30 heavy (non-hydrogen) atoms. The van der Waals surface area contributed by atoms with Gasteiger partial charge in [-0.25, -0.2) is 15.0 Å². The van der Waals surface area contributed by atoms with Crippen LogP contribution in [0.1, 0.15) is 68.3 Å². The SMILES string of the molecule is CCC1c2c(C)cccc2C=C(C(C)Nc2ncnc3c2CC(C)C=N3)N1C1CC1. The molecule has 0 radical (unpaired) electrons. The van der Waals surface area contributed by atoms with Crippen molar-refractivity contribution in [3.63, 3.8) is 0 Å². The summed E-state index contributed by atoms with van der Waals surface area (Å²) >= 11 is 0. The number of hydrogen-bond donors (Lipinski definition) is 1. The third-order valence-corrected chi connectivity index (χ3v) is 6.65. The van der Waals surface area contributed by atoms with E-state index in [1.165, 1.54) is 35.2 Å². The van der Waals surface area contributed by atoms with Gasteiger partial charge in [-0.05, 0) is 68.2 Å². The third kappa shape index (κ3) is 3.30. The van der Waals surface area contributed by atoms with Crippen LogP contribution in [0.3, 0.4) is 0 Å². The number of aryl methyl sites for hydroxylation is 1. The Morgan fingerprint density at radius 3 is 2.83 bits per heavy atom. The molecule has 1 aromatic heterocycles. The van der Waals surface area contributed by atoms with Gasteiger partial charge in [0.15, 0.2) is 5.82 Å². The summed E-state index contributed by atoms with van der Waals surface area (Å²) in [6, 6.07) is 7.96. The summed E-state index contributed by atoms with van der Waals surface area (Å²) in [5, 5.41) is 3.73. The summed E-state index contributed by atoms with van der Waals surface area (Å²) in [7, 11) is 0. The predicted octanol–water partition coefficient (Wildman–Crippen LogP) is 5.45. The van der Waals surface area contributed by atoms with Gasteiger partial charge in [-0.3, -0.25) is 0 Å². The van der Waals surface area contributed by atoms with E-state index in [9.17, 15) is 0 Å². The van der Waals surface area contributed by atoms with E-state index >= 15 is 0 Å². The fraction of sp³-hybridized carbons (Fsp3) is 0.480. The lowest BCUT2D eigenvalue weighted by Gasteiger charge is -2.42. The van der Waals surface area contributed by atoms with E-state index in [-0.39, 0.29) is 6.04 Å².